The Bertz CT molecular complexity index is 459. The molecule has 0 spiro atoms. The van der Waals surface area contributed by atoms with E-state index in [4.69, 9.17) is 9.52 Å². The van der Waals surface area contributed by atoms with Crippen molar-refractivity contribution in [3.8, 4) is 0 Å². The molecule has 0 saturated carbocycles. The summed E-state index contributed by atoms with van der Waals surface area (Å²) in [6.07, 6.45) is 4.33. The summed E-state index contributed by atoms with van der Waals surface area (Å²) in [5.74, 6) is 0.997. The molecule has 0 aliphatic rings. The number of hydrogen-bond acceptors (Lipinski definition) is 3. The van der Waals surface area contributed by atoms with Crippen molar-refractivity contribution < 1.29 is 9.52 Å². The van der Waals surface area contributed by atoms with Crippen molar-refractivity contribution in [2.24, 2.45) is 0 Å². The standard InChI is InChI=1S/C16H23NO2/c1-13(17-10-6-2-3-7-11-18)16-12-14-8-4-5-9-15(14)19-16/h4-5,8-9,12-13,17-18H,2-3,6-7,10-11H2,1H3. The van der Waals surface area contributed by atoms with Crippen molar-refractivity contribution in [3.05, 3.63) is 36.1 Å². The van der Waals surface area contributed by atoms with Crippen LogP contribution in [0.25, 0.3) is 11.0 Å². The van der Waals surface area contributed by atoms with Gasteiger partial charge in [0.15, 0.2) is 0 Å². The van der Waals surface area contributed by atoms with Crippen molar-refractivity contribution in [2.45, 2.75) is 38.6 Å². The Morgan fingerprint density at radius 2 is 1.95 bits per heavy atom. The predicted octanol–water partition coefficient (Wildman–Crippen LogP) is 3.64. The number of hydrogen-bond donors (Lipinski definition) is 2. The van der Waals surface area contributed by atoms with Crippen molar-refractivity contribution >= 4 is 11.0 Å². The van der Waals surface area contributed by atoms with Crippen molar-refractivity contribution in [1.29, 1.82) is 0 Å². The summed E-state index contributed by atoms with van der Waals surface area (Å²) in [7, 11) is 0. The third-order valence-corrected chi connectivity index (χ3v) is 3.41. The van der Waals surface area contributed by atoms with E-state index in [2.05, 4.69) is 24.4 Å². The average molecular weight is 261 g/mol. The van der Waals surface area contributed by atoms with Gasteiger partial charge in [-0.3, -0.25) is 0 Å². The number of rotatable bonds is 8. The summed E-state index contributed by atoms with van der Waals surface area (Å²) in [6.45, 7) is 3.43. The molecule has 1 heterocycles. The zero-order valence-corrected chi connectivity index (χ0v) is 11.6. The first-order valence-corrected chi connectivity index (χ1v) is 7.14. The Kier molecular flexibility index (Phi) is 5.43. The Morgan fingerprint density at radius 1 is 1.16 bits per heavy atom. The summed E-state index contributed by atoms with van der Waals surface area (Å²) >= 11 is 0. The highest BCUT2D eigenvalue weighted by Gasteiger charge is 2.10. The molecule has 1 atom stereocenters. The molecule has 2 aromatic rings. The maximum absolute atomic E-state index is 8.70. The van der Waals surface area contributed by atoms with Crippen LogP contribution in [0.3, 0.4) is 0 Å². The molecule has 3 nitrogen and oxygen atoms in total. The number of aliphatic hydroxyl groups is 1. The van der Waals surface area contributed by atoms with Gasteiger partial charge in [-0.25, -0.2) is 0 Å². The van der Waals surface area contributed by atoms with E-state index in [0.717, 1.165) is 42.5 Å². The first-order valence-electron chi connectivity index (χ1n) is 7.14. The van der Waals surface area contributed by atoms with E-state index in [1.807, 2.05) is 18.2 Å². The van der Waals surface area contributed by atoms with Crippen LogP contribution in [0, 0.1) is 0 Å². The number of nitrogens with one attached hydrogen (secondary N) is 1. The van der Waals surface area contributed by atoms with Crippen molar-refractivity contribution in [1.82, 2.24) is 5.32 Å². The van der Waals surface area contributed by atoms with Crippen LogP contribution in [0.1, 0.15) is 44.4 Å². The van der Waals surface area contributed by atoms with Crippen LogP contribution in [0.15, 0.2) is 34.7 Å². The summed E-state index contributed by atoms with van der Waals surface area (Å²) < 4.78 is 5.83. The Hall–Kier alpha value is -1.32. The van der Waals surface area contributed by atoms with Crippen LogP contribution in [0.5, 0.6) is 0 Å². The SMILES string of the molecule is CC(NCCCCCCO)c1cc2ccccc2o1. The number of furan rings is 1. The molecule has 0 amide bonds. The summed E-state index contributed by atoms with van der Waals surface area (Å²) in [6, 6.07) is 10.4. The van der Waals surface area contributed by atoms with Gasteiger partial charge in [0, 0.05) is 12.0 Å². The zero-order valence-electron chi connectivity index (χ0n) is 11.6. The second-order valence-electron chi connectivity index (χ2n) is 5.00. The maximum Gasteiger partial charge on any atom is 0.134 e. The molecule has 1 aromatic carbocycles. The fourth-order valence-electron chi connectivity index (χ4n) is 2.23. The molecule has 0 saturated heterocycles. The molecule has 19 heavy (non-hydrogen) atoms. The van der Waals surface area contributed by atoms with E-state index in [1.54, 1.807) is 0 Å². The smallest absolute Gasteiger partial charge is 0.134 e. The summed E-state index contributed by atoms with van der Waals surface area (Å²) in [5, 5.41) is 13.3. The van der Waals surface area contributed by atoms with Gasteiger partial charge in [0.05, 0.1) is 6.04 Å². The molecule has 3 heteroatoms. The molecule has 1 unspecified atom stereocenters. The van der Waals surface area contributed by atoms with Gasteiger partial charge in [0.1, 0.15) is 11.3 Å². The van der Waals surface area contributed by atoms with Crippen molar-refractivity contribution in [3.63, 3.8) is 0 Å². The number of fused-ring (bicyclic) bond motifs is 1. The van der Waals surface area contributed by atoms with Gasteiger partial charge in [-0.1, -0.05) is 31.0 Å². The van der Waals surface area contributed by atoms with Gasteiger partial charge >= 0.3 is 0 Å². The fourth-order valence-corrected chi connectivity index (χ4v) is 2.23. The normalized spacial score (nSPS) is 12.9. The second-order valence-corrected chi connectivity index (χ2v) is 5.00. The fraction of sp³-hybridized carbons (Fsp3) is 0.500. The molecule has 0 aliphatic heterocycles. The molecule has 0 fully saturated rings. The Balaban J connectivity index is 1.78. The first kappa shape index (κ1) is 14.1. The van der Waals surface area contributed by atoms with Gasteiger partial charge in [-0.15, -0.1) is 0 Å². The van der Waals surface area contributed by atoms with Crippen LogP contribution >= 0.6 is 0 Å². The predicted molar refractivity (Wildman–Crippen MR) is 78.2 cm³/mol. The Labute approximate surface area is 114 Å². The Morgan fingerprint density at radius 3 is 2.74 bits per heavy atom. The molecule has 2 N–H and O–H groups in total. The van der Waals surface area contributed by atoms with E-state index in [1.165, 1.54) is 6.42 Å². The van der Waals surface area contributed by atoms with Gasteiger partial charge in [0.2, 0.25) is 0 Å². The zero-order chi connectivity index (χ0) is 13.5. The largest absolute Gasteiger partial charge is 0.459 e. The number of aliphatic hydroxyl groups excluding tert-OH is 1. The highest BCUT2D eigenvalue weighted by atomic mass is 16.3. The van der Waals surface area contributed by atoms with Crippen LogP contribution in [0.2, 0.25) is 0 Å². The lowest BCUT2D eigenvalue weighted by Crippen LogP contribution is -2.19. The van der Waals surface area contributed by atoms with E-state index in [9.17, 15) is 0 Å². The minimum absolute atomic E-state index is 0.241. The minimum atomic E-state index is 0.241. The lowest BCUT2D eigenvalue weighted by atomic mass is 10.2. The van der Waals surface area contributed by atoms with Gasteiger partial charge in [0.25, 0.3) is 0 Å². The second kappa shape index (κ2) is 7.31. The quantitative estimate of drug-likeness (QED) is 0.713. The third kappa shape index (κ3) is 4.08. The number of benzene rings is 1. The lowest BCUT2D eigenvalue weighted by Gasteiger charge is -2.10. The van der Waals surface area contributed by atoms with Crippen LogP contribution < -0.4 is 5.32 Å². The highest BCUT2D eigenvalue weighted by molar-refractivity contribution is 5.77. The minimum Gasteiger partial charge on any atom is -0.459 e. The van der Waals surface area contributed by atoms with E-state index >= 15 is 0 Å². The summed E-state index contributed by atoms with van der Waals surface area (Å²) in [5.41, 5.74) is 0.953. The molecule has 0 bridgehead atoms. The maximum atomic E-state index is 8.70. The van der Waals surface area contributed by atoms with Crippen LogP contribution in [0.4, 0.5) is 0 Å². The first-order chi connectivity index (χ1) is 9.31. The molecule has 1 aromatic heterocycles. The molecule has 0 aliphatic carbocycles. The van der Waals surface area contributed by atoms with Crippen LogP contribution in [-0.4, -0.2) is 18.3 Å². The van der Waals surface area contributed by atoms with E-state index in [0.29, 0.717) is 6.61 Å². The molecular formula is C16H23NO2. The van der Waals surface area contributed by atoms with Crippen LogP contribution in [-0.2, 0) is 0 Å². The van der Waals surface area contributed by atoms with E-state index < -0.39 is 0 Å². The average Bonchev–Trinajstić information content (AvgIpc) is 2.86. The molecule has 2 rings (SSSR count). The molecule has 104 valence electrons. The monoisotopic (exact) mass is 261 g/mol. The molecular weight excluding hydrogens is 238 g/mol. The van der Waals surface area contributed by atoms with Gasteiger partial charge < -0.3 is 14.8 Å². The molecule has 0 radical (unpaired) electrons. The topological polar surface area (TPSA) is 45.4 Å². The highest BCUT2D eigenvalue weighted by Crippen LogP contribution is 2.23. The number of unbranched alkanes of at least 4 members (excludes halogenated alkanes) is 3. The van der Waals surface area contributed by atoms with Gasteiger partial charge in [-0.05, 0) is 38.4 Å². The van der Waals surface area contributed by atoms with Gasteiger partial charge in [-0.2, -0.15) is 0 Å². The number of para-hydroxylation sites is 1. The lowest BCUT2D eigenvalue weighted by molar-refractivity contribution is 0.282. The third-order valence-electron chi connectivity index (χ3n) is 3.41. The van der Waals surface area contributed by atoms with E-state index in [-0.39, 0.29) is 6.04 Å². The van der Waals surface area contributed by atoms with Crippen molar-refractivity contribution in [2.75, 3.05) is 13.2 Å². The summed E-state index contributed by atoms with van der Waals surface area (Å²) in [4.78, 5) is 0.